The zero-order valence-electron chi connectivity index (χ0n) is 20.1. The molecule has 0 aliphatic heterocycles. The van der Waals surface area contributed by atoms with Gasteiger partial charge in [-0.15, -0.1) is 0 Å². The van der Waals surface area contributed by atoms with Crippen LogP contribution in [-0.4, -0.2) is 43.8 Å². The number of aliphatic hydroxyl groups excluding tert-OH is 1. The fraction of sp³-hybridized carbons (Fsp3) is 0.250. The second-order valence-corrected chi connectivity index (χ2v) is 7.34. The van der Waals surface area contributed by atoms with Crippen molar-refractivity contribution in [2.75, 3.05) is 20.3 Å². The number of carbonyl (C=O) groups is 1. The minimum absolute atomic E-state index is 0.163. The lowest BCUT2D eigenvalue weighted by molar-refractivity contribution is -0.143. The van der Waals surface area contributed by atoms with Crippen LogP contribution in [0, 0.1) is 5.41 Å². The number of aliphatic imine (C=N–C) groups is 1. The molecule has 3 aromatic carbocycles. The molecule has 0 bridgehead atoms. The molecule has 2 N–H and O–H groups in total. The van der Waals surface area contributed by atoms with E-state index in [1.807, 2.05) is 78.9 Å². The van der Waals surface area contributed by atoms with Crippen molar-refractivity contribution in [2.24, 2.45) is 4.99 Å². The van der Waals surface area contributed by atoms with Crippen molar-refractivity contribution in [3.05, 3.63) is 95.6 Å². The molecule has 0 saturated heterocycles. The highest BCUT2D eigenvalue weighted by Gasteiger charge is 2.15. The summed E-state index contributed by atoms with van der Waals surface area (Å²) in [5, 5.41) is 15.1. The van der Waals surface area contributed by atoms with Gasteiger partial charge in [-0.1, -0.05) is 54.6 Å². The van der Waals surface area contributed by atoms with E-state index in [9.17, 15) is 4.79 Å². The Morgan fingerprint density at radius 3 is 2.14 bits per heavy atom. The Morgan fingerprint density at radius 2 is 1.54 bits per heavy atom. The normalized spacial score (nSPS) is 10.8. The molecule has 0 aliphatic rings. The molecule has 7 heteroatoms. The van der Waals surface area contributed by atoms with Crippen molar-refractivity contribution in [1.82, 2.24) is 0 Å². The van der Waals surface area contributed by atoms with Crippen LogP contribution in [-0.2, 0) is 16.1 Å². The summed E-state index contributed by atoms with van der Waals surface area (Å²) in [5.41, 5.74) is 3.16. The van der Waals surface area contributed by atoms with E-state index in [0.29, 0.717) is 30.4 Å². The number of esters is 1. The third-order valence-electron chi connectivity index (χ3n) is 4.98. The van der Waals surface area contributed by atoms with Crippen LogP contribution in [0.2, 0.25) is 0 Å². The van der Waals surface area contributed by atoms with Crippen LogP contribution in [0.1, 0.15) is 36.1 Å². The summed E-state index contributed by atoms with van der Waals surface area (Å²) in [7, 11) is 1.00. The largest absolute Gasteiger partial charge is 0.489 e. The fourth-order valence-electron chi connectivity index (χ4n) is 3.18. The maximum atomic E-state index is 11.7. The number of carbonyl (C=O) groups excluding carboxylic acids is 1. The SMILES string of the molecule is C=NC(CC(=O)OCC)c1ccc(OCc2ccc(OCC(=N)c3ccccc3)cc2)cc1.CO. The van der Waals surface area contributed by atoms with Crippen LogP contribution >= 0.6 is 0 Å². The zero-order valence-corrected chi connectivity index (χ0v) is 20.1. The molecule has 0 aromatic heterocycles. The van der Waals surface area contributed by atoms with E-state index in [1.165, 1.54) is 0 Å². The van der Waals surface area contributed by atoms with E-state index in [1.54, 1.807) is 6.92 Å². The lowest BCUT2D eigenvalue weighted by atomic mass is 10.0. The van der Waals surface area contributed by atoms with E-state index < -0.39 is 0 Å². The number of ether oxygens (including phenoxy) is 3. The molecule has 3 rings (SSSR count). The van der Waals surface area contributed by atoms with E-state index in [2.05, 4.69) is 11.7 Å². The zero-order chi connectivity index (χ0) is 25.5. The standard InChI is InChI=1S/C27H28N2O4.CH4O/c1-3-31-27(30)17-26(29-2)22-11-15-24(16-12-22)32-18-20-9-13-23(14-10-20)33-19-25(28)21-7-5-4-6-8-21;1-2/h4-16,26,28H,2-3,17-19H2,1H3;2H,1H3. The van der Waals surface area contributed by atoms with Crippen molar-refractivity contribution in [3.63, 3.8) is 0 Å². The van der Waals surface area contributed by atoms with Crippen LogP contribution in [0.5, 0.6) is 11.5 Å². The van der Waals surface area contributed by atoms with Crippen LogP contribution in [0.25, 0.3) is 0 Å². The van der Waals surface area contributed by atoms with Gasteiger partial charge in [-0.2, -0.15) is 0 Å². The van der Waals surface area contributed by atoms with Crippen molar-refractivity contribution in [3.8, 4) is 11.5 Å². The summed E-state index contributed by atoms with van der Waals surface area (Å²) in [6.45, 7) is 6.33. The number of nitrogens with zero attached hydrogens (tertiary/aromatic N) is 1. The first kappa shape index (κ1) is 27.3. The first-order chi connectivity index (χ1) is 17.1. The molecule has 0 spiro atoms. The number of benzene rings is 3. The molecule has 0 saturated carbocycles. The number of rotatable bonds is 12. The summed E-state index contributed by atoms with van der Waals surface area (Å²) in [6.07, 6.45) is 0.163. The molecule has 184 valence electrons. The Labute approximate surface area is 206 Å². The number of aliphatic hydroxyl groups is 1. The highest BCUT2D eigenvalue weighted by molar-refractivity contribution is 5.99. The molecule has 0 radical (unpaired) electrons. The smallest absolute Gasteiger partial charge is 0.308 e. The van der Waals surface area contributed by atoms with E-state index >= 15 is 0 Å². The van der Waals surface area contributed by atoms with Crippen LogP contribution in [0.4, 0.5) is 0 Å². The maximum absolute atomic E-state index is 11.7. The number of nitrogens with one attached hydrogen (secondary N) is 1. The van der Waals surface area contributed by atoms with Gasteiger partial charge in [-0.25, -0.2) is 0 Å². The van der Waals surface area contributed by atoms with Gasteiger partial charge in [0.05, 0.1) is 24.8 Å². The second-order valence-electron chi connectivity index (χ2n) is 7.34. The van der Waals surface area contributed by atoms with Crippen LogP contribution < -0.4 is 9.47 Å². The molecule has 1 unspecified atom stereocenters. The van der Waals surface area contributed by atoms with Gasteiger partial charge in [0.2, 0.25) is 0 Å². The highest BCUT2D eigenvalue weighted by Crippen LogP contribution is 2.24. The third-order valence-corrected chi connectivity index (χ3v) is 4.98. The molecular weight excluding hydrogens is 444 g/mol. The monoisotopic (exact) mass is 476 g/mol. The Hall–Kier alpha value is -3.97. The molecular formula is C28H32N2O5. The van der Waals surface area contributed by atoms with Crippen molar-refractivity contribution in [2.45, 2.75) is 26.0 Å². The van der Waals surface area contributed by atoms with Crippen molar-refractivity contribution >= 4 is 18.4 Å². The first-order valence-corrected chi connectivity index (χ1v) is 11.2. The molecule has 3 aromatic rings. The minimum atomic E-state index is -0.339. The summed E-state index contributed by atoms with van der Waals surface area (Å²) in [6, 6.07) is 24.3. The van der Waals surface area contributed by atoms with Gasteiger partial charge in [-0.3, -0.25) is 9.79 Å². The maximum Gasteiger partial charge on any atom is 0.308 e. The van der Waals surface area contributed by atoms with Gasteiger partial charge in [0.1, 0.15) is 24.7 Å². The van der Waals surface area contributed by atoms with Gasteiger partial charge < -0.3 is 24.7 Å². The molecule has 0 amide bonds. The molecule has 1 atom stereocenters. The van der Waals surface area contributed by atoms with E-state index in [0.717, 1.165) is 23.8 Å². The van der Waals surface area contributed by atoms with E-state index in [4.69, 9.17) is 24.7 Å². The highest BCUT2D eigenvalue weighted by atomic mass is 16.5. The number of hydrogen-bond donors (Lipinski definition) is 2. The van der Waals surface area contributed by atoms with Gasteiger partial charge in [0.15, 0.2) is 0 Å². The van der Waals surface area contributed by atoms with Gasteiger partial charge >= 0.3 is 5.97 Å². The molecule has 0 aliphatic carbocycles. The summed E-state index contributed by atoms with van der Waals surface area (Å²) in [4.78, 5) is 15.8. The quantitative estimate of drug-likeness (QED) is 0.282. The Balaban J connectivity index is 0.00000210. The molecule has 7 nitrogen and oxygen atoms in total. The third kappa shape index (κ3) is 9.06. The summed E-state index contributed by atoms with van der Waals surface area (Å²) in [5.74, 6) is 1.13. The number of hydrogen-bond acceptors (Lipinski definition) is 7. The first-order valence-electron chi connectivity index (χ1n) is 11.2. The van der Waals surface area contributed by atoms with Crippen molar-refractivity contribution in [1.29, 1.82) is 5.41 Å². The average Bonchev–Trinajstić information content (AvgIpc) is 2.92. The van der Waals surface area contributed by atoms with Gasteiger partial charge in [0, 0.05) is 7.11 Å². The predicted octanol–water partition coefficient (Wildman–Crippen LogP) is 5.02. The molecule has 35 heavy (non-hydrogen) atoms. The Kier molecular flexibility index (Phi) is 11.7. The Bertz CT molecular complexity index is 1050. The van der Waals surface area contributed by atoms with Gasteiger partial charge in [-0.05, 0) is 54.6 Å². The Morgan fingerprint density at radius 1 is 0.943 bits per heavy atom. The van der Waals surface area contributed by atoms with Gasteiger partial charge in [0.25, 0.3) is 0 Å². The topological polar surface area (TPSA) is 101 Å². The minimum Gasteiger partial charge on any atom is -0.489 e. The average molecular weight is 477 g/mol. The fourth-order valence-corrected chi connectivity index (χ4v) is 3.18. The lowest BCUT2D eigenvalue weighted by Gasteiger charge is -2.13. The van der Waals surface area contributed by atoms with Crippen LogP contribution in [0.3, 0.4) is 0 Å². The second kappa shape index (κ2) is 15.0. The summed E-state index contributed by atoms with van der Waals surface area (Å²) < 4.78 is 16.6. The lowest BCUT2D eigenvalue weighted by Crippen LogP contribution is -2.11. The predicted molar refractivity (Wildman–Crippen MR) is 138 cm³/mol. The molecule has 0 fully saturated rings. The van der Waals surface area contributed by atoms with Crippen molar-refractivity contribution < 1.29 is 24.1 Å². The molecule has 0 heterocycles. The summed E-state index contributed by atoms with van der Waals surface area (Å²) >= 11 is 0. The van der Waals surface area contributed by atoms with Crippen LogP contribution in [0.15, 0.2) is 83.9 Å². The van der Waals surface area contributed by atoms with E-state index in [-0.39, 0.29) is 25.0 Å².